The molecular formula is C14H16N2O4. The number of carbonyl (C=O) groups excluding carboxylic acids is 1. The molecule has 6 nitrogen and oxygen atoms in total. The van der Waals surface area contributed by atoms with Gasteiger partial charge in [0.2, 0.25) is 0 Å². The van der Waals surface area contributed by atoms with Crippen LogP contribution in [-0.4, -0.2) is 48.1 Å². The van der Waals surface area contributed by atoms with Gasteiger partial charge in [-0.05, 0) is 24.3 Å². The second-order valence-electron chi connectivity index (χ2n) is 4.48. The lowest BCUT2D eigenvalue weighted by atomic mass is 10.1. The molecule has 0 atom stereocenters. The molecule has 3 N–H and O–H groups in total. The van der Waals surface area contributed by atoms with Crippen LogP contribution in [0.2, 0.25) is 0 Å². The number of aliphatic carboxylic acids is 1. The van der Waals surface area contributed by atoms with E-state index in [-0.39, 0.29) is 5.76 Å². The summed E-state index contributed by atoms with van der Waals surface area (Å²) in [5.41, 5.74) is 1.45. The first kappa shape index (κ1) is 14.1. The summed E-state index contributed by atoms with van der Waals surface area (Å²) in [5.74, 6) is -3.08. The van der Waals surface area contributed by atoms with Crippen molar-refractivity contribution < 1.29 is 19.8 Å². The normalized spacial score (nSPS) is 16.0. The van der Waals surface area contributed by atoms with Crippen LogP contribution in [0.1, 0.15) is 5.56 Å². The molecule has 0 spiro atoms. The Hall–Kier alpha value is -2.34. The van der Waals surface area contributed by atoms with Crippen LogP contribution in [0.15, 0.2) is 30.3 Å². The first-order chi connectivity index (χ1) is 9.58. The Morgan fingerprint density at radius 2 is 1.70 bits per heavy atom. The molecule has 1 saturated heterocycles. The molecule has 0 unspecified atom stereocenters. The number of nitrogens with zero attached hydrogens (tertiary/aromatic N) is 1. The highest BCUT2D eigenvalue weighted by Crippen LogP contribution is 2.19. The largest absolute Gasteiger partial charge is 0.507 e. The van der Waals surface area contributed by atoms with Gasteiger partial charge < -0.3 is 20.4 Å². The summed E-state index contributed by atoms with van der Waals surface area (Å²) < 4.78 is 0. The van der Waals surface area contributed by atoms with Crippen molar-refractivity contribution in [1.82, 2.24) is 5.32 Å². The number of aliphatic hydroxyl groups is 1. The molecule has 1 aliphatic heterocycles. The lowest BCUT2D eigenvalue weighted by Gasteiger charge is -2.29. The molecule has 1 heterocycles. The van der Waals surface area contributed by atoms with E-state index < -0.39 is 11.8 Å². The van der Waals surface area contributed by atoms with E-state index in [1.54, 1.807) is 12.1 Å². The van der Waals surface area contributed by atoms with Gasteiger partial charge in [0.25, 0.3) is 5.78 Å². The highest BCUT2D eigenvalue weighted by atomic mass is 16.4. The number of benzene rings is 1. The maximum atomic E-state index is 11.0. The molecule has 0 saturated carbocycles. The van der Waals surface area contributed by atoms with Gasteiger partial charge in [0.15, 0.2) is 0 Å². The lowest BCUT2D eigenvalue weighted by molar-refractivity contribution is -0.146. The van der Waals surface area contributed by atoms with Crippen molar-refractivity contribution in [3.05, 3.63) is 35.9 Å². The number of carboxylic acid groups (broad SMARTS) is 1. The van der Waals surface area contributed by atoms with Gasteiger partial charge in [-0.3, -0.25) is 4.79 Å². The molecule has 1 fully saturated rings. The van der Waals surface area contributed by atoms with Crippen LogP contribution in [0.5, 0.6) is 0 Å². The van der Waals surface area contributed by atoms with Crippen molar-refractivity contribution in [3.8, 4) is 0 Å². The van der Waals surface area contributed by atoms with Crippen molar-refractivity contribution in [2.45, 2.75) is 0 Å². The second kappa shape index (κ2) is 6.21. The molecule has 1 aromatic carbocycles. The van der Waals surface area contributed by atoms with E-state index >= 15 is 0 Å². The van der Waals surface area contributed by atoms with Gasteiger partial charge in [-0.2, -0.15) is 0 Å². The highest BCUT2D eigenvalue weighted by Gasteiger charge is 2.12. The van der Waals surface area contributed by atoms with Crippen LogP contribution in [0.3, 0.4) is 0 Å². The Labute approximate surface area is 116 Å². The Morgan fingerprint density at radius 1 is 1.10 bits per heavy atom. The van der Waals surface area contributed by atoms with E-state index in [0.29, 0.717) is 11.6 Å². The summed E-state index contributed by atoms with van der Waals surface area (Å²) in [6, 6.07) is 7.02. The zero-order valence-electron chi connectivity index (χ0n) is 10.9. The molecule has 2 rings (SSSR count). The standard InChI is InChI=1S/C14H16N2O4/c17-12(9-13(18)14(19)20)10-1-3-11(4-2-10)16-7-5-15-6-8-16/h1-4,9,15,17H,5-8H2,(H,19,20)/b12-9-. The number of anilines is 1. The molecule has 106 valence electrons. The predicted octanol–water partition coefficient (Wildman–Crippen LogP) is 0.649. The third-order valence-electron chi connectivity index (χ3n) is 3.12. The van der Waals surface area contributed by atoms with E-state index in [1.807, 2.05) is 12.1 Å². The van der Waals surface area contributed by atoms with Crippen molar-refractivity contribution in [3.63, 3.8) is 0 Å². The minimum Gasteiger partial charge on any atom is -0.507 e. The number of carboxylic acids is 1. The van der Waals surface area contributed by atoms with E-state index in [2.05, 4.69) is 10.2 Å². The molecule has 1 aliphatic rings. The maximum Gasteiger partial charge on any atom is 0.376 e. The number of hydrogen-bond acceptors (Lipinski definition) is 5. The fourth-order valence-electron chi connectivity index (χ4n) is 2.04. The third-order valence-corrected chi connectivity index (χ3v) is 3.12. The Morgan fingerprint density at radius 3 is 2.25 bits per heavy atom. The SMILES string of the molecule is O=C(O)C(=O)/C=C(\O)c1ccc(N2CCNCC2)cc1. The van der Waals surface area contributed by atoms with E-state index in [1.165, 1.54) is 0 Å². The fraction of sp³-hybridized carbons (Fsp3) is 0.286. The average Bonchev–Trinajstić information content (AvgIpc) is 2.48. The molecule has 1 aromatic rings. The molecule has 0 amide bonds. The Balaban J connectivity index is 2.11. The average molecular weight is 276 g/mol. The topological polar surface area (TPSA) is 89.9 Å². The molecule has 0 aromatic heterocycles. The van der Waals surface area contributed by atoms with Crippen LogP contribution in [0.4, 0.5) is 5.69 Å². The summed E-state index contributed by atoms with van der Waals surface area (Å²) in [7, 11) is 0. The first-order valence-corrected chi connectivity index (χ1v) is 6.32. The number of ketones is 1. The number of aliphatic hydroxyl groups excluding tert-OH is 1. The lowest BCUT2D eigenvalue weighted by Crippen LogP contribution is -2.43. The van der Waals surface area contributed by atoms with Gasteiger partial charge in [-0.15, -0.1) is 0 Å². The van der Waals surface area contributed by atoms with E-state index in [4.69, 9.17) is 5.11 Å². The van der Waals surface area contributed by atoms with E-state index in [9.17, 15) is 14.7 Å². The Kier molecular flexibility index (Phi) is 4.37. The van der Waals surface area contributed by atoms with Gasteiger partial charge in [-0.25, -0.2) is 4.79 Å². The molecule has 20 heavy (non-hydrogen) atoms. The van der Waals surface area contributed by atoms with Crippen molar-refractivity contribution in [2.24, 2.45) is 0 Å². The highest BCUT2D eigenvalue weighted by molar-refractivity contribution is 6.38. The van der Waals surface area contributed by atoms with Crippen molar-refractivity contribution in [1.29, 1.82) is 0 Å². The number of carbonyl (C=O) groups is 2. The van der Waals surface area contributed by atoms with Gasteiger partial charge >= 0.3 is 5.97 Å². The van der Waals surface area contributed by atoms with E-state index in [0.717, 1.165) is 31.9 Å². The quantitative estimate of drug-likeness (QED) is 0.425. The van der Waals surface area contributed by atoms with Gasteiger partial charge in [0, 0.05) is 43.5 Å². The summed E-state index contributed by atoms with van der Waals surface area (Å²) >= 11 is 0. The van der Waals surface area contributed by atoms with Crippen LogP contribution in [0.25, 0.3) is 5.76 Å². The van der Waals surface area contributed by atoms with Crippen molar-refractivity contribution >= 4 is 23.2 Å². The molecule has 0 radical (unpaired) electrons. The number of piperazine rings is 1. The number of hydrogen-bond donors (Lipinski definition) is 3. The molecule has 0 aliphatic carbocycles. The first-order valence-electron chi connectivity index (χ1n) is 6.32. The van der Waals surface area contributed by atoms with Crippen molar-refractivity contribution in [2.75, 3.05) is 31.1 Å². The number of nitrogens with one attached hydrogen (secondary N) is 1. The van der Waals surface area contributed by atoms with Crippen LogP contribution < -0.4 is 10.2 Å². The third kappa shape index (κ3) is 3.36. The van der Waals surface area contributed by atoms with Crippen LogP contribution in [0, 0.1) is 0 Å². The zero-order chi connectivity index (χ0) is 14.5. The predicted molar refractivity (Wildman–Crippen MR) is 74.8 cm³/mol. The Bertz CT molecular complexity index is 531. The minimum atomic E-state index is -1.59. The second-order valence-corrected chi connectivity index (χ2v) is 4.48. The molecule has 0 bridgehead atoms. The summed E-state index contributed by atoms with van der Waals surface area (Å²) in [6.45, 7) is 3.69. The minimum absolute atomic E-state index is 0.343. The summed E-state index contributed by atoms with van der Waals surface area (Å²) in [4.78, 5) is 23.6. The maximum absolute atomic E-state index is 11.0. The molecule has 6 heteroatoms. The summed E-state index contributed by atoms with van der Waals surface area (Å²) in [6.07, 6.45) is 0.710. The van der Waals surface area contributed by atoms with Crippen LogP contribution >= 0.6 is 0 Å². The van der Waals surface area contributed by atoms with Crippen LogP contribution in [-0.2, 0) is 9.59 Å². The summed E-state index contributed by atoms with van der Waals surface area (Å²) in [5, 5.41) is 21.4. The van der Waals surface area contributed by atoms with Gasteiger partial charge in [-0.1, -0.05) is 0 Å². The monoisotopic (exact) mass is 276 g/mol. The smallest absolute Gasteiger partial charge is 0.376 e. The molecular weight excluding hydrogens is 260 g/mol. The zero-order valence-corrected chi connectivity index (χ0v) is 10.9. The van der Waals surface area contributed by atoms with Gasteiger partial charge in [0.1, 0.15) is 5.76 Å². The fourth-order valence-corrected chi connectivity index (χ4v) is 2.04. The number of rotatable bonds is 4. The van der Waals surface area contributed by atoms with Gasteiger partial charge in [0.05, 0.1) is 0 Å².